The molecule has 0 saturated carbocycles. The third-order valence-corrected chi connectivity index (χ3v) is 5.74. The SMILES string of the molecule is Cc1ccc(CNC(=O)CCc2nc(CS(=O)(=O)c3ccccc3)no2)cc1. The van der Waals surface area contributed by atoms with Crippen molar-refractivity contribution in [1.29, 1.82) is 0 Å². The molecule has 146 valence electrons. The van der Waals surface area contributed by atoms with Crippen LogP contribution in [0.5, 0.6) is 0 Å². The third kappa shape index (κ3) is 5.50. The first-order chi connectivity index (χ1) is 13.4. The molecular weight excluding hydrogens is 378 g/mol. The number of amides is 1. The number of carbonyl (C=O) groups is 1. The van der Waals surface area contributed by atoms with Crippen molar-refractivity contribution in [2.24, 2.45) is 0 Å². The summed E-state index contributed by atoms with van der Waals surface area (Å²) in [5.74, 6) is -0.167. The smallest absolute Gasteiger partial charge is 0.227 e. The number of carbonyl (C=O) groups excluding carboxylic acids is 1. The van der Waals surface area contributed by atoms with Gasteiger partial charge in [-0.1, -0.05) is 53.2 Å². The molecule has 8 heteroatoms. The topological polar surface area (TPSA) is 102 Å². The van der Waals surface area contributed by atoms with E-state index in [0.29, 0.717) is 6.54 Å². The molecular formula is C20H21N3O4S. The molecule has 0 spiro atoms. The van der Waals surface area contributed by atoms with Gasteiger partial charge >= 0.3 is 0 Å². The lowest BCUT2D eigenvalue weighted by Crippen LogP contribution is -2.23. The Morgan fingerprint density at radius 2 is 1.79 bits per heavy atom. The average molecular weight is 399 g/mol. The zero-order chi connectivity index (χ0) is 20.0. The van der Waals surface area contributed by atoms with Crippen LogP contribution < -0.4 is 5.32 Å². The van der Waals surface area contributed by atoms with Crippen LogP contribution in [0.1, 0.15) is 29.3 Å². The van der Waals surface area contributed by atoms with Gasteiger partial charge in [-0.05, 0) is 24.6 Å². The highest BCUT2D eigenvalue weighted by Gasteiger charge is 2.19. The Morgan fingerprint density at radius 1 is 1.07 bits per heavy atom. The van der Waals surface area contributed by atoms with E-state index in [9.17, 15) is 13.2 Å². The molecule has 0 atom stereocenters. The number of nitrogens with one attached hydrogen (secondary N) is 1. The van der Waals surface area contributed by atoms with Crippen LogP contribution in [-0.4, -0.2) is 24.5 Å². The molecule has 1 aromatic heterocycles. The molecule has 3 aromatic rings. The second-order valence-corrected chi connectivity index (χ2v) is 8.43. The molecule has 1 N–H and O–H groups in total. The van der Waals surface area contributed by atoms with Gasteiger partial charge in [0.2, 0.25) is 11.8 Å². The van der Waals surface area contributed by atoms with E-state index in [2.05, 4.69) is 15.5 Å². The van der Waals surface area contributed by atoms with E-state index in [-0.39, 0.29) is 41.1 Å². The Balaban J connectivity index is 1.49. The number of aromatic nitrogens is 2. The van der Waals surface area contributed by atoms with E-state index < -0.39 is 9.84 Å². The lowest BCUT2D eigenvalue weighted by atomic mass is 10.1. The van der Waals surface area contributed by atoms with Gasteiger partial charge in [0, 0.05) is 19.4 Å². The molecule has 0 aliphatic heterocycles. The predicted octanol–water partition coefficient (Wildman–Crippen LogP) is 2.60. The van der Waals surface area contributed by atoms with Gasteiger partial charge < -0.3 is 9.84 Å². The molecule has 1 heterocycles. The molecule has 0 radical (unpaired) electrons. The van der Waals surface area contributed by atoms with Crippen molar-refractivity contribution in [3.8, 4) is 0 Å². The fourth-order valence-electron chi connectivity index (χ4n) is 2.55. The predicted molar refractivity (Wildman–Crippen MR) is 103 cm³/mol. The normalized spacial score (nSPS) is 11.3. The number of nitrogens with zero attached hydrogens (tertiary/aromatic N) is 2. The summed E-state index contributed by atoms with van der Waals surface area (Å²) < 4.78 is 29.7. The lowest BCUT2D eigenvalue weighted by molar-refractivity contribution is -0.121. The highest BCUT2D eigenvalue weighted by atomic mass is 32.2. The minimum absolute atomic E-state index is 0.0823. The first kappa shape index (κ1) is 19.8. The van der Waals surface area contributed by atoms with Crippen LogP contribution in [0, 0.1) is 6.92 Å². The number of rotatable bonds is 8. The van der Waals surface area contributed by atoms with Crippen molar-refractivity contribution in [1.82, 2.24) is 15.5 Å². The monoisotopic (exact) mass is 399 g/mol. The highest BCUT2D eigenvalue weighted by Crippen LogP contribution is 2.14. The molecule has 2 aromatic carbocycles. The van der Waals surface area contributed by atoms with E-state index in [1.165, 1.54) is 12.1 Å². The zero-order valence-corrected chi connectivity index (χ0v) is 16.3. The average Bonchev–Trinajstić information content (AvgIpc) is 3.13. The van der Waals surface area contributed by atoms with Gasteiger partial charge in [-0.3, -0.25) is 4.79 Å². The van der Waals surface area contributed by atoms with Crippen molar-refractivity contribution in [3.63, 3.8) is 0 Å². The summed E-state index contributed by atoms with van der Waals surface area (Å²) in [7, 11) is -3.54. The van der Waals surface area contributed by atoms with E-state index in [1.54, 1.807) is 18.2 Å². The fraction of sp³-hybridized carbons (Fsp3) is 0.250. The van der Waals surface area contributed by atoms with Gasteiger partial charge in [0.15, 0.2) is 15.7 Å². The first-order valence-corrected chi connectivity index (χ1v) is 10.5. The number of benzene rings is 2. The van der Waals surface area contributed by atoms with E-state index in [1.807, 2.05) is 31.2 Å². The maximum absolute atomic E-state index is 12.3. The summed E-state index contributed by atoms with van der Waals surface area (Å²) in [6.07, 6.45) is 0.428. The Bertz CT molecular complexity index is 1030. The minimum Gasteiger partial charge on any atom is -0.352 e. The van der Waals surface area contributed by atoms with Crippen LogP contribution in [0.3, 0.4) is 0 Å². The second kappa shape index (κ2) is 8.79. The molecule has 7 nitrogen and oxygen atoms in total. The quantitative estimate of drug-likeness (QED) is 0.625. The van der Waals surface area contributed by atoms with Gasteiger partial charge in [-0.25, -0.2) is 8.42 Å². The Kier molecular flexibility index (Phi) is 6.20. The summed E-state index contributed by atoms with van der Waals surface area (Å²) in [4.78, 5) is 16.3. The standard InChI is InChI=1S/C20H21N3O4S/c1-15-7-9-16(10-8-15)13-21-19(24)11-12-20-22-18(23-27-20)14-28(25,26)17-5-3-2-4-6-17/h2-10H,11-14H2,1H3,(H,21,24). The maximum atomic E-state index is 12.3. The van der Waals surface area contributed by atoms with E-state index >= 15 is 0 Å². The summed E-state index contributed by atoms with van der Waals surface area (Å²) in [5, 5.41) is 6.54. The number of hydrogen-bond acceptors (Lipinski definition) is 6. The molecule has 0 bridgehead atoms. The molecule has 3 rings (SSSR count). The largest absolute Gasteiger partial charge is 0.352 e. The van der Waals surface area contributed by atoms with Gasteiger partial charge in [-0.2, -0.15) is 4.98 Å². The summed E-state index contributed by atoms with van der Waals surface area (Å²) >= 11 is 0. The van der Waals surface area contributed by atoms with Crippen LogP contribution in [0.2, 0.25) is 0 Å². The number of aryl methyl sites for hydroxylation is 2. The van der Waals surface area contributed by atoms with Crippen LogP contribution in [0.25, 0.3) is 0 Å². The van der Waals surface area contributed by atoms with Crippen molar-refractivity contribution in [3.05, 3.63) is 77.4 Å². The van der Waals surface area contributed by atoms with Crippen molar-refractivity contribution in [2.75, 3.05) is 0 Å². The molecule has 0 aliphatic rings. The Morgan fingerprint density at radius 3 is 2.50 bits per heavy atom. The van der Waals surface area contributed by atoms with Crippen molar-refractivity contribution < 1.29 is 17.7 Å². The van der Waals surface area contributed by atoms with Gasteiger partial charge in [0.05, 0.1) is 4.90 Å². The van der Waals surface area contributed by atoms with E-state index in [4.69, 9.17) is 4.52 Å². The third-order valence-electron chi connectivity index (χ3n) is 4.11. The number of hydrogen-bond donors (Lipinski definition) is 1. The molecule has 0 saturated heterocycles. The molecule has 1 amide bonds. The Labute approximate surface area is 163 Å². The second-order valence-electron chi connectivity index (χ2n) is 6.44. The lowest BCUT2D eigenvalue weighted by Gasteiger charge is -2.04. The van der Waals surface area contributed by atoms with Crippen LogP contribution in [0.4, 0.5) is 0 Å². The van der Waals surface area contributed by atoms with Gasteiger partial charge in [-0.15, -0.1) is 0 Å². The molecule has 0 fully saturated rings. The summed E-state index contributed by atoms with van der Waals surface area (Å²) in [6.45, 7) is 2.45. The first-order valence-electron chi connectivity index (χ1n) is 8.84. The Hall–Kier alpha value is -3.00. The molecule has 0 aliphatic carbocycles. The van der Waals surface area contributed by atoms with Crippen LogP contribution >= 0.6 is 0 Å². The van der Waals surface area contributed by atoms with Crippen molar-refractivity contribution >= 4 is 15.7 Å². The highest BCUT2D eigenvalue weighted by molar-refractivity contribution is 7.90. The summed E-state index contributed by atoms with van der Waals surface area (Å²) in [5.41, 5.74) is 2.18. The summed E-state index contributed by atoms with van der Waals surface area (Å²) in [6, 6.07) is 16.0. The molecule has 28 heavy (non-hydrogen) atoms. The van der Waals surface area contributed by atoms with Crippen LogP contribution in [-0.2, 0) is 33.4 Å². The van der Waals surface area contributed by atoms with Gasteiger partial charge in [0.1, 0.15) is 5.75 Å². The number of sulfone groups is 1. The minimum atomic E-state index is -3.54. The van der Waals surface area contributed by atoms with Gasteiger partial charge in [0.25, 0.3) is 0 Å². The van der Waals surface area contributed by atoms with Crippen molar-refractivity contribution in [2.45, 2.75) is 37.0 Å². The zero-order valence-electron chi connectivity index (χ0n) is 15.5. The molecule has 0 unspecified atom stereocenters. The maximum Gasteiger partial charge on any atom is 0.227 e. The van der Waals surface area contributed by atoms with Crippen LogP contribution in [0.15, 0.2) is 64.0 Å². The van der Waals surface area contributed by atoms with E-state index in [0.717, 1.165) is 11.1 Å². The fourth-order valence-corrected chi connectivity index (χ4v) is 3.74.